The topological polar surface area (TPSA) is 102 Å². The molecule has 9 heteroatoms. The van der Waals surface area contributed by atoms with Gasteiger partial charge in [0, 0.05) is 10.6 Å². The molecule has 0 aliphatic heterocycles. The van der Waals surface area contributed by atoms with E-state index in [2.05, 4.69) is 10.0 Å². The number of esters is 1. The van der Waals surface area contributed by atoms with E-state index < -0.39 is 34.0 Å². The summed E-state index contributed by atoms with van der Waals surface area (Å²) in [5.74, 6) is -1.26. The third-order valence-corrected chi connectivity index (χ3v) is 6.27. The van der Waals surface area contributed by atoms with Crippen molar-refractivity contribution >= 4 is 33.5 Å². The highest BCUT2D eigenvalue weighted by atomic mass is 35.5. The maximum atomic E-state index is 12.5. The van der Waals surface area contributed by atoms with Crippen molar-refractivity contribution in [2.45, 2.75) is 51.1 Å². The number of amides is 1. The van der Waals surface area contributed by atoms with Crippen molar-refractivity contribution in [2.75, 3.05) is 6.61 Å². The molecule has 0 spiro atoms. The second kappa shape index (κ2) is 9.80. The van der Waals surface area contributed by atoms with E-state index in [-0.39, 0.29) is 16.5 Å². The Morgan fingerprint density at radius 2 is 1.71 bits per heavy atom. The molecule has 2 N–H and O–H groups in total. The van der Waals surface area contributed by atoms with Gasteiger partial charge < -0.3 is 10.1 Å². The van der Waals surface area contributed by atoms with E-state index in [0.717, 1.165) is 5.56 Å². The van der Waals surface area contributed by atoms with Crippen molar-refractivity contribution in [3.05, 3.63) is 64.2 Å². The number of ether oxygens (including phenoxy) is 1. The van der Waals surface area contributed by atoms with Gasteiger partial charge in [-0.1, -0.05) is 29.8 Å². The first-order valence-electron chi connectivity index (χ1n) is 9.65. The lowest BCUT2D eigenvalue weighted by Gasteiger charge is -2.20. The third kappa shape index (κ3) is 7.34. The standard InChI is InChI=1S/C22H27ClN2O5S/c1-14-6-11-18(31(28,29)25-22(3,4)5)12-19(14)21(27)30-13-20(26)24-15(2)16-7-9-17(23)10-8-16/h6-12,15,25H,13H2,1-5H3,(H,24,26). The second-order valence-corrected chi connectivity index (χ2v) is 10.4. The van der Waals surface area contributed by atoms with E-state index in [1.54, 1.807) is 58.9 Å². The SMILES string of the molecule is Cc1ccc(S(=O)(=O)NC(C)(C)C)cc1C(=O)OCC(=O)NC(C)c1ccc(Cl)cc1. The number of carbonyl (C=O) groups is 2. The Morgan fingerprint density at radius 1 is 1.10 bits per heavy atom. The number of aryl methyl sites for hydroxylation is 1. The first-order valence-corrected chi connectivity index (χ1v) is 11.5. The highest BCUT2D eigenvalue weighted by molar-refractivity contribution is 7.89. The minimum atomic E-state index is -3.82. The number of hydrogen-bond donors (Lipinski definition) is 2. The molecule has 7 nitrogen and oxygen atoms in total. The summed E-state index contributed by atoms with van der Waals surface area (Å²) in [5.41, 5.74) is 0.789. The molecule has 2 aromatic rings. The van der Waals surface area contributed by atoms with Gasteiger partial charge >= 0.3 is 5.97 Å². The molecule has 0 bridgehead atoms. The number of carbonyl (C=O) groups excluding carboxylic acids is 2. The molecule has 0 fully saturated rings. The van der Waals surface area contributed by atoms with Crippen molar-refractivity contribution in [2.24, 2.45) is 0 Å². The zero-order valence-electron chi connectivity index (χ0n) is 18.2. The number of sulfonamides is 1. The van der Waals surface area contributed by atoms with Crippen LogP contribution in [0.5, 0.6) is 0 Å². The van der Waals surface area contributed by atoms with Crippen LogP contribution >= 0.6 is 11.6 Å². The summed E-state index contributed by atoms with van der Waals surface area (Å²) in [6.45, 7) is 8.12. The van der Waals surface area contributed by atoms with E-state index in [4.69, 9.17) is 16.3 Å². The number of rotatable bonds is 7. The smallest absolute Gasteiger partial charge is 0.338 e. The summed E-state index contributed by atoms with van der Waals surface area (Å²) < 4.78 is 32.7. The largest absolute Gasteiger partial charge is 0.452 e. The van der Waals surface area contributed by atoms with Crippen molar-refractivity contribution in [1.82, 2.24) is 10.0 Å². The Morgan fingerprint density at radius 3 is 2.29 bits per heavy atom. The van der Waals surface area contributed by atoms with Gasteiger partial charge in [-0.05, 0) is 70.0 Å². The number of halogens is 1. The predicted octanol–water partition coefficient (Wildman–Crippen LogP) is 3.76. The summed E-state index contributed by atoms with van der Waals surface area (Å²) in [6.07, 6.45) is 0. The van der Waals surface area contributed by atoms with Gasteiger partial charge in [0.15, 0.2) is 6.61 Å². The molecule has 0 radical (unpaired) electrons. The lowest BCUT2D eigenvalue weighted by Crippen LogP contribution is -2.40. The lowest BCUT2D eigenvalue weighted by molar-refractivity contribution is -0.124. The van der Waals surface area contributed by atoms with Crippen LogP contribution in [0.4, 0.5) is 0 Å². The van der Waals surface area contributed by atoms with Crippen molar-refractivity contribution in [3.8, 4) is 0 Å². The number of benzene rings is 2. The van der Waals surface area contributed by atoms with Crippen LogP contribution in [0.3, 0.4) is 0 Å². The summed E-state index contributed by atoms with van der Waals surface area (Å²) in [7, 11) is -3.82. The normalized spacial score (nSPS) is 12.8. The van der Waals surface area contributed by atoms with Crippen LogP contribution in [0.2, 0.25) is 5.02 Å². The minimum Gasteiger partial charge on any atom is -0.452 e. The zero-order chi connectivity index (χ0) is 23.4. The monoisotopic (exact) mass is 466 g/mol. The maximum absolute atomic E-state index is 12.5. The molecule has 0 aliphatic carbocycles. The molecule has 0 heterocycles. The maximum Gasteiger partial charge on any atom is 0.338 e. The first-order chi connectivity index (χ1) is 14.3. The van der Waals surface area contributed by atoms with Crippen molar-refractivity contribution < 1.29 is 22.7 Å². The third-order valence-electron chi connectivity index (χ3n) is 4.26. The summed E-state index contributed by atoms with van der Waals surface area (Å²) in [6, 6.07) is 10.9. The highest BCUT2D eigenvalue weighted by Gasteiger charge is 2.24. The summed E-state index contributed by atoms with van der Waals surface area (Å²) in [4.78, 5) is 24.6. The zero-order valence-corrected chi connectivity index (χ0v) is 19.7. The second-order valence-electron chi connectivity index (χ2n) is 8.25. The van der Waals surface area contributed by atoms with E-state index in [9.17, 15) is 18.0 Å². The molecule has 1 atom stereocenters. The van der Waals surface area contributed by atoms with E-state index in [0.29, 0.717) is 10.6 Å². The summed E-state index contributed by atoms with van der Waals surface area (Å²) >= 11 is 5.86. The average molecular weight is 467 g/mol. The Hall–Kier alpha value is -2.42. The lowest BCUT2D eigenvalue weighted by atomic mass is 10.1. The van der Waals surface area contributed by atoms with Gasteiger partial charge in [-0.25, -0.2) is 17.9 Å². The van der Waals surface area contributed by atoms with Crippen LogP contribution in [-0.4, -0.2) is 32.4 Å². The molecular formula is C22H27ClN2O5S. The molecule has 1 amide bonds. The Balaban J connectivity index is 2.05. The molecule has 31 heavy (non-hydrogen) atoms. The van der Waals surface area contributed by atoms with Gasteiger partial charge in [0.25, 0.3) is 5.91 Å². The Labute approximate surface area is 188 Å². The molecule has 2 aromatic carbocycles. The highest BCUT2D eigenvalue weighted by Crippen LogP contribution is 2.19. The van der Waals surface area contributed by atoms with Crippen LogP contribution in [-0.2, 0) is 19.6 Å². The quantitative estimate of drug-likeness (QED) is 0.605. The molecule has 0 saturated heterocycles. The van der Waals surface area contributed by atoms with E-state index in [1.807, 2.05) is 0 Å². The molecular weight excluding hydrogens is 440 g/mol. The van der Waals surface area contributed by atoms with Crippen LogP contribution in [0.15, 0.2) is 47.4 Å². The van der Waals surface area contributed by atoms with Gasteiger partial charge in [0.1, 0.15) is 0 Å². The van der Waals surface area contributed by atoms with Gasteiger partial charge in [-0.2, -0.15) is 0 Å². The number of hydrogen-bond acceptors (Lipinski definition) is 5. The van der Waals surface area contributed by atoms with Crippen LogP contribution < -0.4 is 10.0 Å². The minimum absolute atomic E-state index is 0.0548. The van der Waals surface area contributed by atoms with Crippen LogP contribution in [0, 0.1) is 6.92 Å². The molecule has 2 rings (SSSR count). The molecule has 0 saturated carbocycles. The fraction of sp³-hybridized carbons (Fsp3) is 0.364. The average Bonchev–Trinajstić information content (AvgIpc) is 2.65. The first kappa shape index (κ1) is 24.8. The fourth-order valence-electron chi connectivity index (χ4n) is 2.78. The Bertz CT molecular complexity index is 1060. The van der Waals surface area contributed by atoms with E-state index >= 15 is 0 Å². The molecule has 0 aromatic heterocycles. The van der Waals surface area contributed by atoms with Gasteiger partial charge in [0.2, 0.25) is 10.0 Å². The Kier molecular flexibility index (Phi) is 7.86. The van der Waals surface area contributed by atoms with Gasteiger partial charge in [-0.3, -0.25) is 4.79 Å². The van der Waals surface area contributed by atoms with Gasteiger partial charge in [0.05, 0.1) is 16.5 Å². The summed E-state index contributed by atoms with van der Waals surface area (Å²) in [5, 5.41) is 3.32. The fourth-order valence-corrected chi connectivity index (χ4v) is 4.35. The van der Waals surface area contributed by atoms with Crippen molar-refractivity contribution in [1.29, 1.82) is 0 Å². The number of nitrogens with one attached hydrogen (secondary N) is 2. The van der Waals surface area contributed by atoms with E-state index in [1.165, 1.54) is 18.2 Å². The van der Waals surface area contributed by atoms with Crippen molar-refractivity contribution in [3.63, 3.8) is 0 Å². The van der Waals surface area contributed by atoms with Crippen LogP contribution in [0.1, 0.15) is 55.2 Å². The molecule has 0 aliphatic rings. The van der Waals surface area contributed by atoms with Crippen LogP contribution in [0.25, 0.3) is 0 Å². The van der Waals surface area contributed by atoms with Gasteiger partial charge in [-0.15, -0.1) is 0 Å². The molecule has 168 valence electrons. The molecule has 1 unspecified atom stereocenters. The predicted molar refractivity (Wildman–Crippen MR) is 120 cm³/mol.